The van der Waals surface area contributed by atoms with Crippen LogP contribution in [0.15, 0.2) is 109 Å². The van der Waals surface area contributed by atoms with Crippen LogP contribution in [-0.4, -0.2) is 9.97 Å². The van der Waals surface area contributed by atoms with E-state index in [-0.39, 0.29) is 16.5 Å². The summed E-state index contributed by atoms with van der Waals surface area (Å²) in [4.78, 5) is 14.0. The topological polar surface area (TPSA) is 25.8 Å². The molecule has 344 valence electrons. The SMILES string of the molecule is CCCCCCCCC1(CCCCCCCC)c2cc(C)ccc2-c2ccc(-c3ccc(-c4c(F)c(F)c(-c5ccc(C)s5)c5nc(-c6ccc(C)cc6)c(-c6ccc(C)cc6)nc45)s3)cc21. The maximum atomic E-state index is 17.3. The molecule has 0 saturated carbocycles. The van der Waals surface area contributed by atoms with Crippen LogP contribution in [0.5, 0.6) is 0 Å². The van der Waals surface area contributed by atoms with Crippen molar-refractivity contribution in [2.24, 2.45) is 0 Å². The van der Waals surface area contributed by atoms with Crippen LogP contribution in [0.2, 0.25) is 0 Å². The molecular weight excluding hydrogens is 863 g/mol. The second-order valence-electron chi connectivity index (χ2n) is 19.2. The number of hydrogen-bond acceptors (Lipinski definition) is 4. The van der Waals surface area contributed by atoms with Gasteiger partial charge in [-0.3, -0.25) is 0 Å². The number of thiophene rings is 2. The number of hydrogen-bond donors (Lipinski definition) is 0. The predicted molar refractivity (Wildman–Crippen MR) is 284 cm³/mol. The number of nitrogens with zero attached hydrogens (tertiary/aromatic N) is 2. The van der Waals surface area contributed by atoms with E-state index >= 15 is 8.78 Å². The van der Waals surface area contributed by atoms with Crippen molar-refractivity contribution in [1.29, 1.82) is 0 Å². The van der Waals surface area contributed by atoms with Crippen molar-refractivity contribution in [3.05, 3.63) is 154 Å². The summed E-state index contributed by atoms with van der Waals surface area (Å²) in [5, 5.41) is 0. The van der Waals surface area contributed by atoms with Crippen molar-refractivity contribution in [2.45, 2.75) is 137 Å². The molecule has 0 aliphatic heterocycles. The van der Waals surface area contributed by atoms with Gasteiger partial charge in [0.15, 0.2) is 11.6 Å². The lowest BCUT2D eigenvalue weighted by molar-refractivity contribution is 0.398. The van der Waals surface area contributed by atoms with Gasteiger partial charge in [0.1, 0.15) is 11.0 Å². The fourth-order valence-electron chi connectivity index (χ4n) is 10.5. The molecule has 0 atom stereocenters. The smallest absolute Gasteiger partial charge is 0.170 e. The lowest BCUT2D eigenvalue weighted by atomic mass is 9.70. The molecule has 1 aliphatic carbocycles. The van der Waals surface area contributed by atoms with Gasteiger partial charge in [0.25, 0.3) is 0 Å². The minimum absolute atomic E-state index is 0.0686. The highest BCUT2D eigenvalue weighted by Gasteiger charge is 2.42. The molecule has 9 rings (SSSR count). The second-order valence-corrected chi connectivity index (χ2v) is 21.6. The molecular formula is C61H64F2N2S2. The number of halogens is 2. The predicted octanol–water partition coefficient (Wildman–Crippen LogP) is 19.4. The van der Waals surface area contributed by atoms with E-state index in [2.05, 4.69) is 101 Å². The summed E-state index contributed by atoms with van der Waals surface area (Å²) in [7, 11) is 0. The summed E-state index contributed by atoms with van der Waals surface area (Å²) in [6, 6.07) is 38.4. The quantitative estimate of drug-likeness (QED) is 0.0755. The Kier molecular flexibility index (Phi) is 14.3. The van der Waals surface area contributed by atoms with E-state index in [1.807, 2.05) is 49.4 Å². The Hall–Kier alpha value is -5.30. The number of aromatic nitrogens is 2. The fraction of sp³-hybridized carbons (Fsp3) is 0.344. The molecule has 0 amide bonds. The molecule has 0 bridgehead atoms. The van der Waals surface area contributed by atoms with Crippen LogP contribution in [0.25, 0.3) is 76.0 Å². The summed E-state index contributed by atoms with van der Waals surface area (Å²) in [6.07, 6.45) is 17.5. The van der Waals surface area contributed by atoms with E-state index in [4.69, 9.17) is 9.97 Å². The van der Waals surface area contributed by atoms with E-state index in [9.17, 15) is 0 Å². The average Bonchev–Trinajstić information content (AvgIpc) is 4.06. The minimum atomic E-state index is -0.897. The van der Waals surface area contributed by atoms with Gasteiger partial charge in [0.05, 0.1) is 22.5 Å². The molecule has 2 nitrogen and oxygen atoms in total. The lowest BCUT2D eigenvalue weighted by Crippen LogP contribution is -2.25. The maximum absolute atomic E-state index is 17.3. The van der Waals surface area contributed by atoms with Gasteiger partial charge in [-0.15, -0.1) is 22.7 Å². The van der Waals surface area contributed by atoms with Gasteiger partial charge < -0.3 is 0 Å². The molecule has 3 aromatic heterocycles. The lowest BCUT2D eigenvalue weighted by Gasteiger charge is -2.33. The van der Waals surface area contributed by atoms with Crippen LogP contribution in [0.4, 0.5) is 8.78 Å². The summed E-state index contributed by atoms with van der Waals surface area (Å²) < 4.78 is 34.4. The van der Waals surface area contributed by atoms with Crippen molar-refractivity contribution >= 4 is 33.7 Å². The molecule has 67 heavy (non-hydrogen) atoms. The highest BCUT2D eigenvalue weighted by molar-refractivity contribution is 7.19. The molecule has 6 heteroatoms. The van der Waals surface area contributed by atoms with Crippen molar-refractivity contribution < 1.29 is 8.78 Å². The van der Waals surface area contributed by atoms with Crippen LogP contribution in [0.3, 0.4) is 0 Å². The van der Waals surface area contributed by atoms with E-state index in [1.165, 1.54) is 128 Å². The summed E-state index contributed by atoms with van der Waals surface area (Å²) in [5.74, 6) is -1.79. The Morgan fingerprint density at radius 3 is 1.39 bits per heavy atom. The van der Waals surface area contributed by atoms with Gasteiger partial charge in [0, 0.05) is 36.1 Å². The van der Waals surface area contributed by atoms with Crippen LogP contribution in [0, 0.1) is 39.3 Å². The Morgan fingerprint density at radius 1 is 0.433 bits per heavy atom. The molecule has 5 aromatic carbocycles. The minimum Gasteiger partial charge on any atom is -0.243 e. The van der Waals surface area contributed by atoms with Crippen LogP contribution >= 0.6 is 22.7 Å². The zero-order chi connectivity index (χ0) is 46.7. The van der Waals surface area contributed by atoms with Gasteiger partial charge >= 0.3 is 0 Å². The van der Waals surface area contributed by atoms with Gasteiger partial charge in [-0.05, 0) is 98.7 Å². The summed E-state index contributed by atoms with van der Waals surface area (Å²) >= 11 is 2.95. The fourth-order valence-corrected chi connectivity index (χ4v) is 12.5. The van der Waals surface area contributed by atoms with Crippen LogP contribution < -0.4 is 0 Å². The Balaban J connectivity index is 1.18. The van der Waals surface area contributed by atoms with E-state index in [0.717, 1.165) is 50.4 Å². The van der Waals surface area contributed by atoms with Gasteiger partial charge in [-0.1, -0.05) is 186 Å². The third-order valence-electron chi connectivity index (χ3n) is 14.2. The number of aryl methyl sites for hydroxylation is 4. The van der Waals surface area contributed by atoms with Crippen LogP contribution in [0.1, 0.15) is 136 Å². The monoisotopic (exact) mass is 926 g/mol. The average molecular weight is 927 g/mol. The first-order valence-electron chi connectivity index (χ1n) is 24.9. The Labute approximate surface area is 405 Å². The molecule has 0 saturated heterocycles. The molecule has 3 heterocycles. The zero-order valence-electron chi connectivity index (χ0n) is 40.3. The van der Waals surface area contributed by atoms with Gasteiger partial charge in [-0.25, -0.2) is 18.7 Å². The highest BCUT2D eigenvalue weighted by Crippen LogP contribution is 2.56. The number of benzene rings is 5. The molecule has 0 fully saturated rings. The highest BCUT2D eigenvalue weighted by atomic mass is 32.1. The molecule has 0 N–H and O–H groups in total. The van der Waals surface area contributed by atoms with Crippen molar-refractivity contribution in [1.82, 2.24) is 9.97 Å². The Bertz CT molecular complexity index is 2990. The third-order valence-corrected chi connectivity index (χ3v) is 16.4. The number of rotatable bonds is 19. The van der Waals surface area contributed by atoms with E-state index in [1.54, 1.807) is 0 Å². The standard InChI is InChI=1S/C61H64F2N2S2/c1-7-9-11-13-15-17-35-61(36-18-16-14-12-10-8-2)48-37-41(5)23-30-46(48)47-31-29-45(38-49(47)61)50-33-34-52(67-50)54-56(63)55(62)53(51-32-24-42(6)66-51)59-60(54)65-58(44-27-21-40(4)22-28-44)57(64-59)43-25-19-39(3)20-26-43/h19-34,37-38H,7-18,35-36H2,1-6H3. The zero-order valence-corrected chi connectivity index (χ0v) is 41.9. The molecule has 0 spiro atoms. The number of unbranched alkanes of at least 4 members (excludes halogenated alkanes) is 10. The van der Waals surface area contributed by atoms with Crippen LogP contribution in [-0.2, 0) is 5.41 Å². The van der Waals surface area contributed by atoms with Crippen molar-refractivity contribution in [3.63, 3.8) is 0 Å². The largest absolute Gasteiger partial charge is 0.243 e. The molecule has 8 aromatic rings. The Morgan fingerprint density at radius 2 is 0.866 bits per heavy atom. The summed E-state index contributed by atoms with van der Waals surface area (Å²) in [5.41, 5.74) is 14.3. The first-order valence-corrected chi connectivity index (χ1v) is 26.5. The maximum Gasteiger partial charge on any atom is 0.170 e. The second kappa shape index (κ2) is 20.5. The number of fused-ring (bicyclic) bond motifs is 4. The third kappa shape index (κ3) is 9.46. The first kappa shape index (κ1) is 46.8. The van der Waals surface area contributed by atoms with Gasteiger partial charge in [0.2, 0.25) is 0 Å². The molecule has 0 radical (unpaired) electrons. The first-order chi connectivity index (χ1) is 32.6. The summed E-state index contributed by atoms with van der Waals surface area (Å²) in [6.45, 7) is 12.9. The van der Waals surface area contributed by atoms with E-state index < -0.39 is 11.6 Å². The van der Waals surface area contributed by atoms with Crippen molar-refractivity contribution in [2.75, 3.05) is 0 Å². The molecule has 1 aliphatic rings. The van der Waals surface area contributed by atoms with Crippen molar-refractivity contribution in [3.8, 4) is 65.0 Å². The molecule has 0 unspecified atom stereocenters. The van der Waals surface area contributed by atoms with E-state index in [0.29, 0.717) is 32.2 Å². The van der Waals surface area contributed by atoms with Gasteiger partial charge in [-0.2, -0.15) is 0 Å². The normalized spacial score (nSPS) is 12.8.